The molecular weight excluding hydrogens is 292 g/mol. The molecular formula is C17H18N4O2. The number of nitrogens with zero attached hydrogens (tertiary/aromatic N) is 4. The molecule has 6 nitrogen and oxygen atoms in total. The van der Waals surface area contributed by atoms with Gasteiger partial charge in [0.25, 0.3) is 5.91 Å². The molecule has 0 unspecified atom stereocenters. The van der Waals surface area contributed by atoms with Gasteiger partial charge in [-0.1, -0.05) is 23.4 Å². The lowest BCUT2D eigenvalue weighted by atomic mass is 10.3. The van der Waals surface area contributed by atoms with E-state index in [9.17, 15) is 4.79 Å². The van der Waals surface area contributed by atoms with Crippen molar-refractivity contribution in [3.05, 3.63) is 65.9 Å². The van der Waals surface area contributed by atoms with E-state index in [2.05, 4.69) is 10.3 Å². The van der Waals surface area contributed by atoms with E-state index in [1.54, 1.807) is 15.8 Å². The van der Waals surface area contributed by atoms with Gasteiger partial charge in [0.1, 0.15) is 11.5 Å². The highest BCUT2D eigenvalue weighted by molar-refractivity contribution is 5.91. The van der Waals surface area contributed by atoms with Gasteiger partial charge in [-0.3, -0.25) is 4.79 Å². The molecule has 3 rings (SSSR count). The number of amides is 1. The first-order chi connectivity index (χ1) is 11.2. The van der Waals surface area contributed by atoms with Crippen LogP contribution in [0.3, 0.4) is 0 Å². The highest BCUT2D eigenvalue weighted by Gasteiger charge is 2.19. The van der Waals surface area contributed by atoms with Gasteiger partial charge in [-0.15, -0.1) is 5.10 Å². The maximum Gasteiger partial charge on any atom is 0.276 e. The molecule has 6 heteroatoms. The normalized spacial score (nSPS) is 10.7. The van der Waals surface area contributed by atoms with E-state index >= 15 is 0 Å². The summed E-state index contributed by atoms with van der Waals surface area (Å²) in [5, 5.41) is 8.03. The second-order valence-corrected chi connectivity index (χ2v) is 5.22. The summed E-state index contributed by atoms with van der Waals surface area (Å²) < 4.78 is 7.14. The lowest BCUT2D eigenvalue weighted by Crippen LogP contribution is -2.30. The predicted octanol–water partition coefficient (Wildman–Crippen LogP) is 2.83. The zero-order valence-corrected chi connectivity index (χ0v) is 13.1. The van der Waals surface area contributed by atoms with Crippen molar-refractivity contribution in [2.45, 2.75) is 20.4 Å². The summed E-state index contributed by atoms with van der Waals surface area (Å²) in [6, 6.07) is 13.3. The Kier molecular flexibility index (Phi) is 4.23. The Morgan fingerprint density at radius 3 is 2.65 bits per heavy atom. The van der Waals surface area contributed by atoms with Gasteiger partial charge < -0.3 is 9.32 Å². The van der Waals surface area contributed by atoms with Gasteiger partial charge in [-0.2, -0.15) is 0 Å². The van der Waals surface area contributed by atoms with Crippen molar-refractivity contribution in [3.63, 3.8) is 0 Å². The zero-order valence-electron chi connectivity index (χ0n) is 13.1. The van der Waals surface area contributed by atoms with Gasteiger partial charge in [0.2, 0.25) is 0 Å². The fourth-order valence-corrected chi connectivity index (χ4v) is 2.32. The molecule has 0 N–H and O–H groups in total. The molecule has 2 heterocycles. The number of hydrogen-bond acceptors (Lipinski definition) is 4. The van der Waals surface area contributed by atoms with Crippen LogP contribution in [0.15, 0.2) is 53.1 Å². The van der Waals surface area contributed by atoms with Crippen LogP contribution in [0.4, 0.5) is 0 Å². The van der Waals surface area contributed by atoms with Gasteiger partial charge in [0.15, 0.2) is 5.69 Å². The van der Waals surface area contributed by atoms with Crippen LogP contribution >= 0.6 is 0 Å². The Morgan fingerprint density at radius 1 is 1.22 bits per heavy atom. The van der Waals surface area contributed by atoms with Crippen LogP contribution in [-0.4, -0.2) is 32.3 Å². The molecule has 23 heavy (non-hydrogen) atoms. The third-order valence-electron chi connectivity index (χ3n) is 3.54. The third-order valence-corrected chi connectivity index (χ3v) is 3.54. The van der Waals surface area contributed by atoms with Crippen molar-refractivity contribution in [2.24, 2.45) is 0 Å². The number of furan rings is 1. The Morgan fingerprint density at radius 2 is 2.00 bits per heavy atom. The van der Waals surface area contributed by atoms with Crippen molar-refractivity contribution >= 4 is 5.91 Å². The van der Waals surface area contributed by atoms with Gasteiger partial charge in [0.05, 0.1) is 18.4 Å². The van der Waals surface area contributed by atoms with Crippen LogP contribution in [-0.2, 0) is 6.54 Å². The van der Waals surface area contributed by atoms with Crippen molar-refractivity contribution in [3.8, 4) is 5.69 Å². The minimum Gasteiger partial charge on any atom is -0.464 e. The minimum atomic E-state index is -0.163. The summed E-state index contributed by atoms with van der Waals surface area (Å²) in [5.74, 6) is 1.43. The van der Waals surface area contributed by atoms with Crippen LogP contribution in [0.25, 0.3) is 5.69 Å². The number of aromatic nitrogens is 3. The second kappa shape index (κ2) is 6.48. The van der Waals surface area contributed by atoms with E-state index < -0.39 is 0 Å². The number of hydrogen-bond donors (Lipinski definition) is 0. The first-order valence-electron chi connectivity index (χ1n) is 7.49. The number of carbonyl (C=O) groups is 1. The molecule has 0 fully saturated rings. The molecule has 0 saturated carbocycles. The maximum atomic E-state index is 12.6. The van der Waals surface area contributed by atoms with Crippen LogP contribution in [0.2, 0.25) is 0 Å². The smallest absolute Gasteiger partial charge is 0.276 e. The summed E-state index contributed by atoms with van der Waals surface area (Å²) in [7, 11) is 0. The third kappa shape index (κ3) is 3.31. The quantitative estimate of drug-likeness (QED) is 0.727. The topological polar surface area (TPSA) is 64.2 Å². The summed E-state index contributed by atoms with van der Waals surface area (Å²) in [5.41, 5.74) is 1.18. The lowest BCUT2D eigenvalue weighted by Gasteiger charge is -2.17. The molecule has 0 atom stereocenters. The van der Waals surface area contributed by atoms with Gasteiger partial charge in [-0.05, 0) is 38.1 Å². The van der Waals surface area contributed by atoms with Gasteiger partial charge in [0, 0.05) is 6.54 Å². The standard InChI is InChI=1S/C17H18N4O2/c1-3-20(11-15-10-9-13(2)23-15)17(22)16-12-21(19-18-16)14-7-5-4-6-8-14/h4-10,12H,3,11H2,1-2H3. The Hall–Kier alpha value is -2.89. The Balaban J connectivity index is 1.77. The van der Waals surface area contributed by atoms with Crippen molar-refractivity contribution in [2.75, 3.05) is 6.54 Å². The largest absolute Gasteiger partial charge is 0.464 e. The number of rotatable bonds is 5. The summed E-state index contributed by atoms with van der Waals surface area (Å²) in [6.45, 7) is 4.79. The molecule has 0 bridgehead atoms. The number of para-hydroxylation sites is 1. The van der Waals surface area contributed by atoms with Crippen LogP contribution in [0.5, 0.6) is 0 Å². The van der Waals surface area contributed by atoms with E-state index in [1.807, 2.05) is 56.3 Å². The maximum absolute atomic E-state index is 12.6. The zero-order chi connectivity index (χ0) is 16.2. The van der Waals surface area contributed by atoms with Crippen LogP contribution in [0.1, 0.15) is 28.9 Å². The molecule has 3 aromatic rings. The fraction of sp³-hybridized carbons (Fsp3) is 0.235. The fourth-order valence-electron chi connectivity index (χ4n) is 2.32. The van der Waals surface area contributed by atoms with E-state index in [0.717, 1.165) is 17.2 Å². The Labute approximate surface area is 134 Å². The summed E-state index contributed by atoms with van der Waals surface area (Å²) in [4.78, 5) is 14.3. The summed E-state index contributed by atoms with van der Waals surface area (Å²) in [6.07, 6.45) is 1.65. The van der Waals surface area contributed by atoms with Gasteiger partial charge in [-0.25, -0.2) is 4.68 Å². The van der Waals surface area contributed by atoms with Crippen molar-refractivity contribution in [1.82, 2.24) is 19.9 Å². The Bertz CT molecular complexity index is 792. The molecule has 2 aromatic heterocycles. The highest BCUT2D eigenvalue weighted by Crippen LogP contribution is 2.12. The molecule has 0 aliphatic rings. The minimum absolute atomic E-state index is 0.163. The second-order valence-electron chi connectivity index (χ2n) is 5.22. The first kappa shape index (κ1) is 15.0. The van der Waals surface area contributed by atoms with Crippen molar-refractivity contribution < 1.29 is 9.21 Å². The van der Waals surface area contributed by atoms with E-state index in [0.29, 0.717) is 18.8 Å². The van der Waals surface area contributed by atoms with E-state index in [1.165, 1.54) is 0 Å². The van der Waals surface area contributed by atoms with Crippen LogP contribution in [0, 0.1) is 6.92 Å². The number of carbonyl (C=O) groups excluding carboxylic acids is 1. The lowest BCUT2D eigenvalue weighted by molar-refractivity contribution is 0.0735. The molecule has 0 saturated heterocycles. The van der Waals surface area contributed by atoms with Crippen molar-refractivity contribution in [1.29, 1.82) is 0 Å². The molecule has 0 radical (unpaired) electrons. The monoisotopic (exact) mass is 310 g/mol. The molecule has 0 spiro atoms. The van der Waals surface area contributed by atoms with E-state index in [4.69, 9.17) is 4.42 Å². The summed E-state index contributed by atoms with van der Waals surface area (Å²) >= 11 is 0. The number of aryl methyl sites for hydroxylation is 1. The molecule has 1 aromatic carbocycles. The molecule has 118 valence electrons. The SMILES string of the molecule is CCN(Cc1ccc(C)o1)C(=O)c1cn(-c2ccccc2)nn1. The van der Waals surface area contributed by atoms with Crippen LogP contribution < -0.4 is 0 Å². The first-order valence-corrected chi connectivity index (χ1v) is 7.49. The number of benzene rings is 1. The van der Waals surface area contributed by atoms with E-state index in [-0.39, 0.29) is 5.91 Å². The van der Waals surface area contributed by atoms with Gasteiger partial charge >= 0.3 is 0 Å². The molecule has 0 aliphatic heterocycles. The molecule has 0 aliphatic carbocycles. The average Bonchev–Trinajstić information content (AvgIpc) is 3.22. The highest BCUT2D eigenvalue weighted by atomic mass is 16.3. The predicted molar refractivity (Wildman–Crippen MR) is 85.2 cm³/mol. The molecule has 1 amide bonds. The average molecular weight is 310 g/mol.